The topological polar surface area (TPSA) is 36.4 Å². The van der Waals surface area contributed by atoms with E-state index in [-0.39, 0.29) is 0 Å². The molecule has 1 saturated heterocycles. The molecule has 0 unspecified atom stereocenters. The molecule has 116 valence electrons. The molecule has 1 aliphatic heterocycles. The SMILES string of the molecule is O=C(CC(F)(F)F)N1CCN(CCc2ccncc2)CC1. The summed E-state index contributed by atoms with van der Waals surface area (Å²) in [5.74, 6) is -0.823. The molecule has 21 heavy (non-hydrogen) atoms. The third kappa shape index (κ3) is 5.34. The van der Waals surface area contributed by atoms with Gasteiger partial charge in [0.05, 0.1) is 0 Å². The Hall–Kier alpha value is -1.63. The minimum Gasteiger partial charge on any atom is -0.340 e. The van der Waals surface area contributed by atoms with E-state index >= 15 is 0 Å². The Bertz CT molecular complexity index is 456. The summed E-state index contributed by atoms with van der Waals surface area (Å²) in [7, 11) is 0. The van der Waals surface area contributed by atoms with Crippen molar-refractivity contribution in [1.29, 1.82) is 0 Å². The molecule has 0 spiro atoms. The molecule has 2 rings (SSSR count). The molecule has 1 aromatic heterocycles. The number of piperazine rings is 1. The van der Waals surface area contributed by atoms with Crippen molar-refractivity contribution < 1.29 is 18.0 Å². The number of carbonyl (C=O) groups is 1. The minimum absolute atomic E-state index is 0.366. The molecule has 1 fully saturated rings. The summed E-state index contributed by atoms with van der Waals surface area (Å²) in [6.45, 7) is 2.81. The summed E-state index contributed by atoms with van der Waals surface area (Å²) < 4.78 is 36.5. The molecular formula is C14H18F3N3O. The zero-order valence-corrected chi connectivity index (χ0v) is 11.6. The lowest BCUT2D eigenvalue weighted by molar-refractivity contribution is -0.162. The molecule has 0 aliphatic carbocycles. The summed E-state index contributed by atoms with van der Waals surface area (Å²) in [4.78, 5) is 18.9. The Morgan fingerprint density at radius 3 is 2.33 bits per heavy atom. The lowest BCUT2D eigenvalue weighted by Gasteiger charge is -2.35. The van der Waals surface area contributed by atoms with Crippen LogP contribution in [0.2, 0.25) is 0 Å². The van der Waals surface area contributed by atoms with Crippen molar-refractivity contribution >= 4 is 5.91 Å². The molecular weight excluding hydrogens is 283 g/mol. The molecule has 1 aromatic rings. The highest BCUT2D eigenvalue weighted by atomic mass is 19.4. The van der Waals surface area contributed by atoms with Gasteiger partial charge in [-0.05, 0) is 24.1 Å². The molecule has 0 radical (unpaired) electrons. The molecule has 4 nitrogen and oxygen atoms in total. The second-order valence-corrected chi connectivity index (χ2v) is 5.12. The average molecular weight is 301 g/mol. The van der Waals surface area contributed by atoms with Gasteiger partial charge in [-0.2, -0.15) is 13.2 Å². The van der Waals surface area contributed by atoms with Crippen LogP contribution in [-0.4, -0.2) is 59.6 Å². The van der Waals surface area contributed by atoms with E-state index in [2.05, 4.69) is 9.88 Å². The molecule has 7 heteroatoms. The number of rotatable bonds is 4. The first-order chi connectivity index (χ1) is 9.94. The second kappa shape index (κ2) is 6.89. The van der Waals surface area contributed by atoms with E-state index in [0.717, 1.165) is 13.0 Å². The van der Waals surface area contributed by atoms with E-state index < -0.39 is 18.5 Å². The fraction of sp³-hybridized carbons (Fsp3) is 0.571. The fourth-order valence-electron chi connectivity index (χ4n) is 2.34. The third-order valence-corrected chi connectivity index (χ3v) is 3.54. The number of amides is 1. The standard InChI is InChI=1S/C14H18F3N3O/c15-14(16,17)11-13(21)20-9-7-19(8-10-20)6-3-12-1-4-18-5-2-12/h1-2,4-5H,3,6-11H2. The number of hydrogen-bond donors (Lipinski definition) is 0. The highest BCUT2D eigenvalue weighted by Crippen LogP contribution is 2.21. The maximum Gasteiger partial charge on any atom is 0.397 e. The van der Waals surface area contributed by atoms with Gasteiger partial charge in [-0.25, -0.2) is 0 Å². The largest absolute Gasteiger partial charge is 0.397 e. The van der Waals surface area contributed by atoms with Crippen molar-refractivity contribution in [3.05, 3.63) is 30.1 Å². The zero-order valence-electron chi connectivity index (χ0n) is 11.6. The highest BCUT2D eigenvalue weighted by Gasteiger charge is 2.34. The maximum atomic E-state index is 12.2. The average Bonchev–Trinajstić information content (AvgIpc) is 2.45. The van der Waals surface area contributed by atoms with E-state index in [1.54, 1.807) is 12.4 Å². The van der Waals surface area contributed by atoms with Gasteiger partial charge >= 0.3 is 6.18 Å². The first kappa shape index (κ1) is 15.8. The van der Waals surface area contributed by atoms with Crippen LogP contribution in [0.25, 0.3) is 0 Å². The quantitative estimate of drug-likeness (QED) is 0.849. The van der Waals surface area contributed by atoms with Crippen LogP contribution in [0.5, 0.6) is 0 Å². The minimum atomic E-state index is -4.42. The number of aromatic nitrogens is 1. The van der Waals surface area contributed by atoms with Crippen LogP contribution < -0.4 is 0 Å². The van der Waals surface area contributed by atoms with Crippen LogP contribution >= 0.6 is 0 Å². The molecule has 2 heterocycles. The van der Waals surface area contributed by atoms with Crippen molar-refractivity contribution in [3.8, 4) is 0 Å². The van der Waals surface area contributed by atoms with Gasteiger partial charge in [0.25, 0.3) is 0 Å². The second-order valence-electron chi connectivity index (χ2n) is 5.12. The molecule has 0 aromatic carbocycles. The predicted octanol–water partition coefficient (Wildman–Crippen LogP) is 1.72. The van der Waals surface area contributed by atoms with Gasteiger partial charge in [0.2, 0.25) is 5.91 Å². The number of halogens is 3. The van der Waals surface area contributed by atoms with Crippen LogP contribution in [0.4, 0.5) is 13.2 Å². The van der Waals surface area contributed by atoms with Gasteiger partial charge in [0.1, 0.15) is 6.42 Å². The number of hydrogen-bond acceptors (Lipinski definition) is 3. The Kier molecular flexibility index (Phi) is 5.17. The predicted molar refractivity (Wildman–Crippen MR) is 71.6 cm³/mol. The zero-order chi connectivity index (χ0) is 15.3. The van der Waals surface area contributed by atoms with E-state index in [0.29, 0.717) is 26.2 Å². The van der Waals surface area contributed by atoms with E-state index in [1.165, 1.54) is 10.5 Å². The Balaban J connectivity index is 1.72. The van der Waals surface area contributed by atoms with Crippen LogP contribution in [0.15, 0.2) is 24.5 Å². The summed E-state index contributed by atoms with van der Waals surface area (Å²) >= 11 is 0. The van der Waals surface area contributed by atoms with Gasteiger partial charge in [-0.15, -0.1) is 0 Å². The monoisotopic (exact) mass is 301 g/mol. The normalized spacial score (nSPS) is 17.0. The van der Waals surface area contributed by atoms with E-state index in [9.17, 15) is 18.0 Å². The number of pyridine rings is 1. The Labute approximate surface area is 121 Å². The summed E-state index contributed by atoms with van der Waals surface area (Å²) in [5.41, 5.74) is 1.18. The summed E-state index contributed by atoms with van der Waals surface area (Å²) in [6.07, 6.45) is -1.43. The lowest BCUT2D eigenvalue weighted by atomic mass is 10.2. The van der Waals surface area contributed by atoms with E-state index in [1.807, 2.05) is 12.1 Å². The third-order valence-electron chi connectivity index (χ3n) is 3.54. The van der Waals surface area contributed by atoms with Crippen LogP contribution in [0.1, 0.15) is 12.0 Å². The fourth-order valence-corrected chi connectivity index (χ4v) is 2.34. The smallest absolute Gasteiger partial charge is 0.340 e. The molecule has 0 N–H and O–H groups in total. The number of nitrogens with zero attached hydrogens (tertiary/aromatic N) is 3. The number of alkyl halides is 3. The van der Waals surface area contributed by atoms with Crippen LogP contribution in [-0.2, 0) is 11.2 Å². The first-order valence-electron chi connectivity index (χ1n) is 6.90. The molecule has 1 amide bonds. The van der Waals surface area contributed by atoms with Crippen LogP contribution in [0, 0.1) is 0 Å². The molecule has 0 bridgehead atoms. The van der Waals surface area contributed by atoms with Gasteiger partial charge in [-0.1, -0.05) is 0 Å². The van der Waals surface area contributed by atoms with Crippen molar-refractivity contribution in [2.45, 2.75) is 19.0 Å². The maximum absolute atomic E-state index is 12.2. The van der Waals surface area contributed by atoms with E-state index in [4.69, 9.17) is 0 Å². The molecule has 0 atom stereocenters. The van der Waals surface area contributed by atoms with Crippen molar-refractivity contribution in [1.82, 2.24) is 14.8 Å². The van der Waals surface area contributed by atoms with Crippen molar-refractivity contribution in [2.75, 3.05) is 32.7 Å². The molecule has 0 saturated carbocycles. The van der Waals surface area contributed by atoms with Crippen molar-refractivity contribution in [2.24, 2.45) is 0 Å². The Morgan fingerprint density at radius 2 is 1.76 bits per heavy atom. The van der Waals surface area contributed by atoms with Crippen molar-refractivity contribution in [3.63, 3.8) is 0 Å². The van der Waals surface area contributed by atoms with Crippen LogP contribution in [0.3, 0.4) is 0 Å². The van der Waals surface area contributed by atoms with Gasteiger partial charge in [0, 0.05) is 45.1 Å². The lowest BCUT2D eigenvalue weighted by Crippen LogP contribution is -2.49. The Morgan fingerprint density at radius 1 is 1.14 bits per heavy atom. The highest BCUT2D eigenvalue weighted by molar-refractivity contribution is 5.76. The van der Waals surface area contributed by atoms with Gasteiger partial charge in [-0.3, -0.25) is 14.7 Å². The number of carbonyl (C=O) groups excluding carboxylic acids is 1. The molecule has 1 aliphatic rings. The van der Waals surface area contributed by atoms with Gasteiger partial charge in [0.15, 0.2) is 0 Å². The summed E-state index contributed by atoms with van der Waals surface area (Å²) in [5, 5.41) is 0. The first-order valence-corrected chi connectivity index (χ1v) is 6.90. The van der Waals surface area contributed by atoms with Gasteiger partial charge < -0.3 is 4.90 Å². The summed E-state index contributed by atoms with van der Waals surface area (Å²) in [6, 6.07) is 3.90.